The van der Waals surface area contributed by atoms with Gasteiger partial charge in [-0.3, -0.25) is 14.9 Å². The van der Waals surface area contributed by atoms with Crippen LogP contribution in [0.2, 0.25) is 0 Å². The molecule has 0 spiro atoms. The lowest BCUT2D eigenvalue weighted by Crippen LogP contribution is -2.29. The zero-order valence-electron chi connectivity index (χ0n) is 16.6. The summed E-state index contributed by atoms with van der Waals surface area (Å²) in [6.07, 6.45) is 2.47. The first-order chi connectivity index (χ1) is 13.8. The normalized spacial score (nSPS) is 12.9. The van der Waals surface area contributed by atoms with Crippen molar-refractivity contribution in [3.8, 4) is 0 Å². The summed E-state index contributed by atoms with van der Waals surface area (Å²) in [5.41, 5.74) is 2.12. The van der Waals surface area contributed by atoms with Gasteiger partial charge in [0.25, 0.3) is 11.6 Å². The summed E-state index contributed by atoms with van der Waals surface area (Å²) in [6, 6.07) is 13.4. The Morgan fingerprint density at radius 3 is 2.59 bits per heavy atom. The molecule has 0 aromatic heterocycles. The minimum atomic E-state index is -0.998. The second kappa shape index (κ2) is 10.2. The highest BCUT2D eigenvalue weighted by Gasteiger charge is 2.19. The van der Waals surface area contributed by atoms with Gasteiger partial charge in [-0.15, -0.1) is 0 Å². The molecule has 152 valence electrons. The molecule has 29 heavy (non-hydrogen) atoms. The largest absolute Gasteiger partial charge is 0.449 e. The van der Waals surface area contributed by atoms with Crippen molar-refractivity contribution in [3.05, 3.63) is 75.8 Å². The molecule has 2 aromatic rings. The van der Waals surface area contributed by atoms with E-state index in [9.17, 15) is 19.7 Å². The minimum absolute atomic E-state index is 0.0757. The Morgan fingerprint density at radius 1 is 1.17 bits per heavy atom. The smallest absolute Gasteiger partial charge is 0.331 e. The van der Waals surface area contributed by atoms with Crippen molar-refractivity contribution in [3.63, 3.8) is 0 Å². The molecule has 0 aliphatic carbocycles. The third kappa shape index (κ3) is 6.27. The SMILES string of the molecule is CCC(C)c1ccccc1NC(=O)C(C)OC(=O)/C=C/c1cccc([N+](=O)[O-])c1. The van der Waals surface area contributed by atoms with E-state index in [0.29, 0.717) is 11.3 Å². The molecular formula is C22H24N2O5. The van der Waals surface area contributed by atoms with E-state index >= 15 is 0 Å². The number of nitro benzene ring substituents is 1. The third-order valence-corrected chi connectivity index (χ3v) is 4.52. The molecule has 0 aliphatic rings. The first kappa shape index (κ1) is 21.8. The molecule has 2 aromatic carbocycles. The van der Waals surface area contributed by atoms with Gasteiger partial charge in [0.15, 0.2) is 6.10 Å². The second-order valence-electron chi connectivity index (χ2n) is 6.65. The van der Waals surface area contributed by atoms with Gasteiger partial charge >= 0.3 is 5.97 Å². The molecule has 0 radical (unpaired) electrons. The number of amides is 1. The Kier molecular flexibility index (Phi) is 7.65. The molecule has 2 rings (SSSR count). The zero-order valence-corrected chi connectivity index (χ0v) is 16.6. The third-order valence-electron chi connectivity index (χ3n) is 4.52. The molecule has 1 N–H and O–H groups in total. The van der Waals surface area contributed by atoms with Crippen LogP contribution in [0.3, 0.4) is 0 Å². The summed E-state index contributed by atoms with van der Waals surface area (Å²) in [6.45, 7) is 5.63. The Morgan fingerprint density at radius 2 is 1.90 bits per heavy atom. The molecule has 7 nitrogen and oxygen atoms in total. The van der Waals surface area contributed by atoms with Crippen LogP contribution >= 0.6 is 0 Å². The number of hydrogen-bond acceptors (Lipinski definition) is 5. The molecule has 2 unspecified atom stereocenters. The minimum Gasteiger partial charge on any atom is -0.449 e. The Balaban J connectivity index is 1.98. The molecule has 0 saturated carbocycles. The van der Waals surface area contributed by atoms with Gasteiger partial charge < -0.3 is 10.1 Å². The van der Waals surface area contributed by atoms with Crippen LogP contribution in [-0.2, 0) is 14.3 Å². The van der Waals surface area contributed by atoms with Gasteiger partial charge in [-0.05, 0) is 42.5 Å². The van der Waals surface area contributed by atoms with Crippen LogP contribution in [0.1, 0.15) is 44.2 Å². The second-order valence-corrected chi connectivity index (χ2v) is 6.65. The maximum atomic E-state index is 12.4. The van der Waals surface area contributed by atoms with Crippen LogP contribution in [0.5, 0.6) is 0 Å². The molecular weight excluding hydrogens is 372 g/mol. The summed E-state index contributed by atoms with van der Waals surface area (Å²) in [7, 11) is 0. The van der Waals surface area contributed by atoms with Gasteiger partial charge in [0.1, 0.15) is 0 Å². The number of carbonyl (C=O) groups excluding carboxylic acids is 2. The molecule has 0 saturated heterocycles. The van der Waals surface area contributed by atoms with Crippen molar-refractivity contribution in [1.82, 2.24) is 0 Å². The van der Waals surface area contributed by atoms with Crippen LogP contribution in [0.25, 0.3) is 6.08 Å². The number of rotatable bonds is 8. The fourth-order valence-electron chi connectivity index (χ4n) is 2.67. The van der Waals surface area contributed by atoms with Crippen LogP contribution in [0, 0.1) is 10.1 Å². The number of para-hydroxylation sites is 1. The highest BCUT2D eigenvalue weighted by molar-refractivity contribution is 5.97. The number of nitrogens with zero attached hydrogens (tertiary/aromatic N) is 1. The number of nitro groups is 1. The highest BCUT2D eigenvalue weighted by Crippen LogP contribution is 2.26. The monoisotopic (exact) mass is 396 g/mol. The first-order valence-electron chi connectivity index (χ1n) is 9.34. The van der Waals surface area contributed by atoms with E-state index in [2.05, 4.69) is 19.2 Å². The van der Waals surface area contributed by atoms with Gasteiger partial charge in [0.05, 0.1) is 4.92 Å². The predicted molar refractivity (Wildman–Crippen MR) is 111 cm³/mol. The van der Waals surface area contributed by atoms with Gasteiger partial charge in [0.2, 0.25) is 0 Å². The quantitative estimate of drug-likeness (QED) is 0.302. The van der Waals surface area contributed by atoms with Crippen molar-refractivity contribution in [2.24, 2.45) is 0 Å². The van der Waals surface area contributed by atoms with E-state index in [1.807, 2.05) is 24.3 Å². The zero-order chi connectivity index (χ0) is 21.4. The van der Waals surface area contributed by atoms with E-state index in [0.717, 1.165) is 18.1 Å². The summed E-state index contributed by atoms with van der Waals surface area (Å²) in [4.78, 5) is 34.7. The van der Waals surface area contributed by atoms with E-state index in [-0.39, 0.29) is 11.6 Å². The molecule has 7 heteroatoms. The van der Waals surface area contributed by atoms with Crippen molar-refractivity contribution >= 4 is 29.3 Å². The maximum absolute atomic E-state index is 12.4. The fraction of sp³-hybridized carbons (Fsp3) is 0.273. The number of carbonyl (C=O) groups is 2. The molecule has 1 amide bonds. The topological polar surface area (TPSA) is 98.5 Å². The summed E-state index contributed by atoms with van der Waals surface area (Å²) in [5, 5.41) is 13.6. The van der Waals surface area contributed by atoms with Gasteiger partial charge in [-0.25, -0.2) is 4.79 Å². The number of esters is 1. The van der Waals surface area contributed by atoms with Gasteiger partial charge in [-0.1, -0.05) is 44.2 Å². The number of nitrogens with one attached hydrogen (secondary N) is 1. The first-order valence-corrected chi connectivity index (χ1v) is 9.34. The Hall–Kier alpha value is -3.48. The Bertz CT molecular complexity index is 923. The predicted octanol–water partition coefficient (Wildman–Crippen LogP) is 4.69. The molecule has 0 fully saturated rings. The van der Waals surface area contributed by atoms with Crippen LogP contribution < -0.4 is 5.32 Å². The van der Waals surface area contributed by atoms with Crippen molar-refractivity contribution in [2.45, 2.75) is 39.2 Å². The van der Waals surface area contributed by atoms with E-state index in [1.165, 1.54) is 31.2 Å². The van der Waals surface area contributed by atoms with E-state index < -0.39 is 22.9 Å². The fourth-order valence-corrected chi connectivity index (χ4v) is 2.67. The molecule has 0 aliphatic heterocycles. The van der Waals surface area contributed by atoms with Crippen LogP contribution in [0.4, 0.5) is 11.4 Å². The van der Waals surface area contributed by atoms with Crippen LogP contribution in [0.15, 0.2) is 54.6 Å². The van der Waals surface area contributed by atoms with E-state index in [4.69, 9.17) is 4.74 Å². The van der Waals surface area contributed by atoms with Crippen molar-refractivity contribution in [1.29, 1.82) is 0 Å². The maximum Gasteiger partial charge on any atom is 0.331 e. The Labute approximate surface area is 169 Å². The number of ether oxygens (including phenoxy) is 1. The summed E-state index contributed by atoms with van der Waals surface area (Å²) in [5.74, 6) is -0.866. The average molecular weight is 396 g/mol. The van der Waals surface area contributed by atoms with E-state index in [1.54, 1.807) is 6.07 Å². The molecule has 2 atom stereocenters. The lowest BCUT2D eigenvalue weighted by Gasteiger charge is -2.17. The molecule has 0 bridgehead atoms. The van der Waals surface area contributed by atoms with Crippen LogP contribution in [-0.4, -0.2) is 22.9 Å². The van der Waals surface area contributed by atoms with Crippen molar-refractivity contribution in [2.75, 3.05) is 5.32 Å². The summed E-state index contributed by atoms with van der Waals surface area (Å²) >= 11 is 0. The number of anilines is 1. The van der Waals surface area contributed by atoms with Gasteiger partial charge in [0, 0.05) is 23.9 Å². The standard InChI is InChI=1S/C22H24N2O5/c1-4-15(2)19-10-5-6-11-20(19)23-22(26)16(3)29-21(25)13-12-17-8-7-9-18(14-17)24(27)28/h5-16H,4H2,1-3H3,(H,23,26)/b13-12+. The lowest BCUT2D eigenvalue weighted by atomic mass is 9.97. The highest BCUT2D eigenvalue weighted by atomic mass is 16.6. The number of hydrogen-bond donors (Lipinski definition) is 1. The summed E-state index contributed by atoms with van der Waals surface area (Å²) < 4.78 is 5.14. The average Bonchev–Trinajstić information content (AvgIpc) is 2.72. The molecule has 0 heterocycles. The van der Waals surface area contributed by atoms with Gasteiger partial charge in [-0.2, -0.15) is 0 Å². The lowest BCUT2D eigenvalue weighted by molar-refractivity contribution is -0.384. The number of non-ortho nitro benzene ring substituents is 1. The number of benzene rings is 2. The van der Waals surface area contributed by atoms with Crippen molar-refractivity contribution < 1.29 is 19.2 Å².